The molecule has 0 radical (unpaired) electrons. The van der Waals surface area contributed by atoms with Gasteiger partial charge in [0.25, 0.3) is 0 Å². The molecule has 3 heteroatoms. The molecule has 0 amide bonds. The van der Waals surface area contributed by atoms with E-state index in [0.29, 0.717) is 5.92 Å². The van der Waals surface area contributed by atoms with Gasteiger partial charge in [-0.2, -0.15) is 0 Å². The van der Waals surface area contributed by atoms with Crippen LogP contribution in [-0.2, 0) is 28.7 Å². The fourth-order valence-corrected chi connectivity index (χ4v) is 6.37. The predicted octanol–water partition coefficient (Wildman–Crippen LogP) is 9.66. The van der Waals surface area contributed by atoms with Crippen LogP contribution in [0, 0.1) is 18.8 Å². The smallest absolute Gasteiger partial charge is 0.103 e. The SMILES string of the molecule is CC.CCc1cc(-c2ccc3c(c2)CC(C2CCOC4=C2C=CC=CC4)N=C(C)C3)ccc1C.C[C@@H]1CCCOC1.[HH]. The zero-order valence-electron chi connectivity index (χ0n) is 26.3. The molecule has 3 atom stereocenters. The fourth-order valence-electron chi connectivity index (χ4n) is 6.37. The van der Waals surface area contributed by atoms with Gasteiger partial charge in [-0.1, -0.05) is 88.4 Å². The lowest BCUT2D eigenvalue weighted by atomic mass is 9.82. The van der Waals surface area contributed by atoms with Gasteiger partial charge in [0.1, 0.15) is 5.76 Å². The molecule has 1 aliphatic carbocycles. The van der Waals surface area contributed by atoms with Crippen LogP contribution < -0.4 is 0 Å². The molecule has 1 saturated heterocycles. The number of benzene rings is 2. The molecule has 222 valence electrons. The first-order valence-electron chi connectivity index (χ1n) is 16.0. The van der Waals surface area contributed by atoms with E-state index in [0.717, 1.165) is 63.6 Å². The molecule has 0 bridgehead atoms. The molecule has 0 saturated carbocycles. The zero-order chi connectivity index (χ0) is 29.2. The number of rotatable bonds is 3. The molecular formula is C38H53NO2. The summed E-state index contributed by atoms with van der Waals surface area (Å²) in [5.41, 5.74) is 10.9. The van der Waals surface area contributed by atoms with Crippen LogP contribution in [-0.4, -0.2) is 31.6 Å². The maximum absolute atomic E-state index is 6.05. The molecule has 6 rings (SSSR count). The average Bonchev–Trinajstić information content (AvgIpc) is 3.34. The first-order chi connectivity index (χ1) is 20.0. The molecule has 0 spiro atoms. The summed E-state index contributed by atoms with van der Waals surface area (Å²) in [5.74, 6) is 2.38. The van der Waals surface area contributed by atoms with Crippen molar-refractivity contribution in [3.63, 3.8) is 0 Å². The summed E-state index contributed by atoms with van der Waals surface area (Å²) in [6, 6.07) is 14.2. The predicted molar refractivity (Wildman–Crippen MR) is 177 cm³/mol. The highest BCUT2D eigenvalue weighted by atomic mass is 16.5. The second-order valence-electron chi connectivity index (χ2n) is 11.7. The van der Waals surface area contributed by atoms with Crippen LogP contribution in [0.15, 0.2) is 77.0 Å². The highest BCUT2D eigenvalue weighted by molar-refractivity contribution is 5.85. The maximum Gasteiger partial charge on any atom is 0.103 e. The number of ether oxygens (including phenoxy) is 2. The molecule has 3 aliphatic heterocycles. The van der Waals surface area contributed by atoms with Crippen molar-refractivity contribution in [1.82, 2.24) is 0 Å². The third kappa shape index (κ3) is 8.10. The number of allylic oxidation sites excluding steroid dienone is 4. The van der Waals surface area contributed by atoms with Crippen LogP contribution >= 0.6 is 0 Å². The average molecular weight is 556 g/mol. The van der Waals surface area contributed by atoms with Gasteiger partial charge in [0.15, 0.2) is 0 Å². The second kappa shape index (κ2) is 15.4. The molecule has 2 aromatic rings. The normalized spacial score (nSPS) is 23.3. The van der Waals surface area contributed by atoms with Crippen molar-refractivity contribution in [2.75, 3.05) is 19.8 Å². The quantitative estimate of drug-likeness (QED) is 0.377. The van der Waals surface area contributed by atoms with E-state index in [1.165, 1.54) is 57.5 Å². The van der Waals surface area contributed by atoms with Crippen molar-refractivity contribution in [2.24, 2.45) is 16.8 Å². The van der Waals surface area contributed by atoms with E-state index >= 15 is 0 Å². The summed E-state index contributed by atoms with van der Waals surface area (Å²) < 4.78 is 11.2. The Labute approximate surface area is 251 Å². The number of hydrogen-bond donors (Lipinski definition) is 0. The molecule has 4 aliphatic rings. The van der Waals surface area contributed by atoms with Crippen molar-refractivity contribution >= 4 is 5.71 Å². The van der Waals surface area contributed by atoms with E-state index in [2.05, 4.69) is 88.4 Å². The Hall–Kier alpha value is -2.91. The van der Waals surface area contributed by atoms with Gasteiger partial charge in [0.05, 0.1) is 12.6 Å². The van der Waals surface area contributed by atoms with Gasteiger partial charge >= 0.3 is 0 Å². The molecule has 3 heterocycles. The molecule has 41 heavy (non-hydrogen) atoms. The standard InChI is InChI=1S/C30H33NO.C6H12O.C2H6.H2/c1-4-22-17-24(11-10-20(22)2)25-13-12-23-16-21(3)31-29(19-26(23)18-25)27-14-15-32-30-9-7-5-6-8-28(27)30;1-6-3-2-4-7-5-6;1-2;/h5-8,10-13,17-18,27,29H,4,9,14-16,19H2,1-3H3;6H,2-5H2,1H3;1-2H3;1H/t;6-;;/m.1../s1. The minimum absolute atomic E-state index is 0. The number of aliphatic imine (C=N–C) groups is 1. The number of fused-ring (bicyclic) bond motifs is 1. The minimum Gasteiger partial charge on any atom is -0.497 e. The lowest BCUT2D eigenvalue weighted by molar-refractivity contribution is 0.0616. The van der Waals surface area contributed by atoms with Crippen LogP contribution in [0.3, 0.4) is 0 Å². The highest BCUT2D eigenvalue weighted by Gasteiger charge is 2.31. The number of hydrogen-bond acceptors (Lipinski definition) is 3. The second-order valence-corrected chi connectivity index (χ2v) is 11.7. The first-order valence-corrected chi connectivity index (χ1v) is 16.0. The summed E-state index contributed by atoms with van der Waals surface area (Å²) in [6.45, 7) is 15.7. The van der Waals surface area contributed by atoms with Crippen LogP contribution in [0.25, 0.3) is 11.1 Å². The first kappa shape index (κ1) is 31.0. The van der Waals surface area contributed by atoms with E-state index in [4.69, 9.17) is 14.5 Å². The number of nitrogens with zero attached hydrogens (tertiary/aromatic N) is 1. The van der Waals surface area contributed by atoms with Crippen LogP contribution in [0.5, 0.6) is 0 Å². The Morgan fingerprint density at radius 1 is 0.951 bits per heavy atom. The van der Waals surface area contributed by atoms with Crippen molar-refractivity contribution in [1.29, 1.82) is 0 Å². The topological polar surface area (TPSA) is 30.8 Å². The fraction of sp³-hybridized carbons (Fsp3) is 0.500. The number of aryl methyl sites for hydroxylation is 2. The van der Waals surface area contributed by atoms with E-state index in [-0.39, 0.29) is 7.47 Å². The van der Waals surface area contributed by atoms with Crippen molar-refractivity contribution in [3.05, 3.63) is 94.3 Å². The van der Waals surface area contributed by atoms with Crippen molar-refractivity contribution < 1.29 is 10.9 Å². The van der Waals surface area contributed by atoms with Crippen LogP contribution in [0.2, 0.25) is 0 Å². The third-order valence-electron chi connectivity index (χ3n) is 8.64. The monoisotopic (exact) mass is 555 g/mol. The van der Waals surface area contributed by atoms with Gasteiger partial charge in [-0.15, -0.1) is 0 Å². The van der Waals surface area contributed by atoms with Crippen LogP contribution in [0.1, 0.15) is 84.0 Å². The minimum atomic E-state index is 0. The van der Waals surface area contributed by atoms with E-state index in [9.17, 15) is 0 Å². The van der Waals surface area contributed by atoms with Crippen LogP contribution in [0.4, 0.5) is 0 Å². The lowest BCUT2D eigenvalue weighted by Crippen LogP contribution is -2.28. The Kier molecular flexibility index (Phi) is 11.6. The third-order valence-corrected chi connectivity index (χ3v) is 8.64. The molecule has 0 aromatic heterocycles. The van der Waals surface area contributed by atoms with E-state index < -0.39 is 0 Å². The summed E-state index contributed by atoms with van der Waals surface area (Å²) in [5, 5.41) is 0. The Balaban J connectivity index is 0.000000421. The Bertz CT molecular complexity index is 1280. The van der Waals surface area contributed by atoms with Gasteiger partial charge < -0.3 is 9.47 Å². The van der Waals surface area contributed by atoms with Gasteiger partial charge in [-0.05, 0) is 90.8 Å². The van der Waals surface area contributed by atoms with Gasteiger partial charge in [-0.25, -0.2) is 0 Å². The highest BCUT2D eigenvalue weighted by Crippen LogP contribution is 2.37. The molecular weight excluding hydrogens is 502 g/mol. The Morgan fingerprint density at radius 3 is 2.49 bits per heavy atom. The summed E-state index contributed by atoms with van der Waals surface area (Å²) in [7, 11) is 0. The molecule has 3 nitrogen and oxygen atoms in total. The zero-order valence-corrected chi connectivity index (χ0v) is 26.3. The summed E-state index contributed by atoms with van der Waals surface area (Å²) in [4.78, 5) is 5.25. The van der Waals surface area contributed by atoms with E-state index in [1.807, 2.05) is 13.8 Å². The van der Waals surface area contributed by atoms with E-state index in [1.54, 1.807) is 0 Å². The molecule has 2 aromatic carbocycles. The van der Waals surface area contributed by atoms with Crippen molar-refractivity contribution in [3.8, 4) is 11.1 Å². The van der Waals surface area contributed by atoms with Gasteiger partial charge in [0, 0.05) is 39.1 Å². The molecule has 2 unspecified atom stereocenters. The van der Waals surface area contributed by atoms with Gasteiger partial charge in [0.2, 0.25) is 0 Å². The maximum atomic E-state index is 6.05. The lowest BCUT2D eigenvalue weighted by Gasteiger charge is -2.31. The summed E-state index contributed by atoms with van der Waals surface area (Å²) in [6.07, 6.45) is 16.3. The van der Waals surface area contributed by atoms with Crippen molar-refractivity contribution in [2.45, 2.75) is 92.5 Å². The van der Waals surface area contributed by atoms with Gasteiger partial charge in [-0.3, -0.25) is 4.99 Å². The molecule has 0 N–H and O–H groups in total. The molecule has 1 fully saturated rings. The summed E-state index contributed by atoms with van der Waals surface area (Å²) >= 11 is 0. The Morgan fingerprint density at radius 2 is 1.76 bits per heavy atom. The largest absolute Gasteiger partial charge is 0.497 e.